The molecule has 0 aromatic rings. The molecule has 0 unspecified atom stereocenters. The number of likely N-dealkylation sites (tertiary alicyclic amines) is 3. The minimum absolute atomic E-state index is 0.176. The van der Waals surface area contributed by atoms with Crippen LogP contribution in [0.3, 0.4) is 0 Å². The number of hydrogen-bond acceptors (Lipinski definition) is 1. The molecule has 3 fully saturated rings. The molecule has 1 atom stereocenters. The van der Waals surface area contributed by atoms with Crippen LogP contribution in [-0.4, -0.2) is 62.2 Å². The van der Waals surface area contributed by atoms with Crippen LogP contribution in [0, 0.1) is 0 Å². The van der Waals surface area contributed by atoms with Gasteiger partial charge < -0.3 is 14.7 Å². The third-order valence-corrected chi connectivity index (χ3v) is 6.35. The van der Waals surface area contributed by atoms with Crippen molar-refractivity contribution in [2.75, 3.05) is 39.3 Å². The van der Waals surface area contributed by atoms with E-state index in [0.717, 1.165) is 19.1 Å². The number of rotatable bonds is 3. The number of carbonyl (C=O) groups is 1. The Kier molecular flexibility index (Phi) is 5.75. The highest BCUT2D eigenvalue weighted by Gasteiger charge is 2.36. The Morgan fingerprint density at radius 3 is 2.14 bits per heavy atom. The minimum atomic E-state index is 0.176. The van der Waals surface area contributed by atoms with Crippen molar-refractivity contribution in [1.82, 2.24) is 4.90 Å². The summed E-state index contributed by atoms with van der Waals surface area (Å²) in [5, 5.41) is 0. The Hall–Kier alpha value is -0.610. The summed E-state index contributed by atoms with van der Waals surface area (Å²) in [6.45, 7) is 9.35. The number of amides is 1. The quantitative estimate of drug-likeness (QED) is 0.723. The molecule has 0 aromatic heterocycles. The number of carbonyl (C=O) groups excluding carboxylic acids is 1. The minimum Gasteiger partial charge on any atom is -0.338 e. The summed E-state index contributed by atoms with van der Waals surface area (Å²) in [6, 6.07) is 1.05. The molecule has 3 rings (SSSR count). The molecule has 0 saturated carbocycles. The first-order chi connectivity index (χ1) is 10.8. The van der Waals surface area contributed by atoms with E-state index in [1.807, 2.05) is 4.90 Å². The zero-order valence-corrected chi connectivity index (χ0v) is 14.4. The fourth-order valence-corrected chi connectivity index (χ4v) is 4.81. The van der Waals surface area contributed by atoms with Crippen molar-refractivity contribution in [1.29, 1.82) is 0 Å². The molecular weight excluding hydrogens is 274 g/mol. The van der Waals surface area contributed by atoms with E-state index in [0.29, 0.717) is 5.91 Å². The number of piperidine rings is 3. The highest BCUT2D eigenvalue weighted by molar-refractivity contribution is 5.80. The molecule has 4 nitrogen and oxygen atoms in total. The van der Waals surface area contributed by atoms with Gasteiger partial charge in [0.25, 0.3) is 5.91 Å². The summed E-state index contributed by atoms with van der Waals surface area (Å²) in [6.07, 6.45) is 10.6. The Labute approximate surface area is 135 Å². The maximum absolute atomic E-state index is 12.7. The Balaban J connectivity index is 1.46. The Bertz CT molecular complexity index is 353. The predicted molar refractivity (Wildman–Crippen MR) is 88.2 cm³/mol. The molecule has 0 radical (unpaired) electrons. The van der Waals surface area contributed by atoms with Gasteiger partial charge in [0.1, 0.15) is 0 Å². The van der Waals surface area contributed by atoms with Crippen molar-refractivity contribution in [2.45, 2.75) is 70.4 Å². The van der Waals surface area contributed by atoms with E-state index in [1.165, 1.54) is 77.5 Å². The van der Waals surface area contributed by atoms with Gasteiger partial charge in [-0.2, -0.15) is 0 Å². The molecule has 2 N–H and O–H groups in total. The van der Waals surface area contributed by atoms with Gasteiger partial charge in [0.2, 0.25) is 0 Å². The first kappa shape index (κ1) is 16.3. The number of nitrogens with zero attached hydrogens (tertiary/aromatic N) is 1. The first-order valence-electron chi connectivity index (χ1n) is 9.73. The molecule has 1 amide bonds. The molecule has 3 heterocycles. The van der Waals surface area contributed by atoms with E-state index in [-0.39, 0.29) is 6.04 Å². The molecule has 0 aliphatic carbocycles. The van der Waals surface area contributed by atoms with Gasteiger partial charge in [-0.05, 0) is 45.4 Å². The molecule has 0 bridgehead atoms. The largest absolute Gasteiger partial charge is 0.338 e. The zero-order chi connectivity index (χ0) is 15.4. The van der Waals surface area contributed by atoms with Crippen LogP contribution in [0.2, 0.25) is 0 Å². The SMILES string of the molecule is C[C@H](C(=O)N1CCCCC1)[NH+]1CCC([NH+]2CCCCC2)CC1. The van der Waals surface area contributed by atoms with Crippen molar-refractivity contribution < 1.29 is 14.6 Å². The topological polar surface area (TPSA) is 29.2 Å². The van der Waals surface area contributed by atoms with Crippen LogP contribution >= 0.6 is 0 Å². The molecule has 0 aromatic carbocycles. The number of hydrogen-bond donors (Lipinski definition) is 2. The molecule has 3 aliphatic rings. The van der Waals surface area contributed by atoms with E-state index in [1.54, 1.807) is 4.90 Å². The lowest BCUT2D eigenvalue weighted by atomic mass is 9.98. The first-order valence-corrected chi connectivity index (χ1v) is 9.73. The fourth-order valence-electron chi connectivity index (χ4n) is 4.81. The Morgan fingerprint density at radius 1 is 0.909 bits per heavy atom. The van der Waals surface area contributed by atoms with Crippen LogP contribution in [0.1, 0.15) is 58.3 Å². The van der Waals surface area contributed by atoms with Gasteiger partial charge in [-0.15, -0.1) is 0 Å². The lowest BCUT2D eigenvalue weighted by Gasteiger charge is -2.38. The van der Waals surface area contributed by atoms with Crippen LogP contribution in [0.25, 0.3) is 0 Å². The lowest BCUT2D eigenvalue weighted by molar-refractivity contribution is -0.965. The van der Waals surface area contributed by atoms with E-state index in [2.05, 4.69) is 11.8 Å². The second-order valence-electron chi connectivity index (χ2n) is 7.76. The summed E-state index contributed by atoms with van der Waals surface area (Å²) in [5.41, 5.74) is 0. The van der Waals surface area contributed by atoms with E-state index in [9.17, 15) is 4.79 Å². The molecule has 126 valence electrons. The maximum Gasteiger partial charge on any atom is 0.280 e. The highest BCUT2D eigenvalue weighted by Crippen LogP contribution is 2.10. The molecule has 4 heteroatoms. The van der Waals surface area contributed by atoms with Crippen LogP contribution in [-0.2, 0) is 4.79 Å². The van der Waals surface area contributed by atoms with E-state index < -0.39 is 0 Å². The van der Waals surface area contributed by atoms with E-state index >= 15 is 0 Å². The van der Waals surface area contributed by atoms with Gasteiger partial charge in [-0.3, -0.25) is 4.79 Å². The van der Waals surface area contributed by atoms with Crippen LogP contribution in [0.5, 0.6) is 0 Å². The lowest BCUT2D eigenvalue weighted by Crippen LogP contribution is -3.22. The normalized spacial score (nSPS) is 32.7. The fraction of sp³-hybridized carbons (Fsp3) is 0.944. The second kappa shape index (κ2) is 7.78. The van der Waals surface area contributed by atoms with Crippen molar-refractivity contribution in [3.63, 3.8) is 0 Å². The van der Waals surface area contributed by atoms with Crippen LogP contribution in [0.15, 0.2) is 0 Å². The summed E-state index contributed by atoms with van der Waals surface area (Å²) in [4.78, 5) is 18.2. The molecule has 22 heavy (non-hydrogen) atoms. The van der Waals surface area contributed by atoms with Gasteiger partial charge >= 0.3 is 0 Å². The monoisotopic (exact) mass is 309 g/mol. The van der Waals surface area contributed by atoms with Gasteiger partial charge in [-0.25, -0.2) is 0 Å². The van der Waals surface area contributed by atoms with Gasteiger partial charge in [-0.1, -0.05) is 0 Å². The Morgan fingerprint density at radius 2 is 1.50 bits per heavy atom. The summed E-state index contributed by atoms with van der Waals surface area (Å²) >= 11 is 0. The number of nitrogens with one attached hydrogen (secondary N) is 2. The predicted octanol–water partition coefficient (Wildman–Crippen LogP) is -0.496. The average molecular weight is 309 g/mol. The molecular formula is C18H35N3O+2. The van der Waals surface area contributed by atoms with Crippen LogP contribution in [0.4, 0.5) is 0 Å². The maximum atomic E-state index is 12.7. The van der Waals surface area contributed by atoms with Gasteiger partial charge in [0.05, 0.1) is 32.2 Å². The van der Waals surface area contributed by atoms with Crippen molar-refractivity contribution >= 4 is 5.91 Å². The molecule has 3 saturated heterocycles. The highest BCUT2D eigenvalue weighted by atomic mass is 16.2. The smallest absolute Gasteiger partial charge is 0.280 e. The van der Waals surface area contributed by atoms with E-state index in [4.69, 9.17) is 0 Å². The zero-order valence-electron chi connectivity index (χ0n) is 14.4. The third kappa shape index (κ3) is 3.83. The van der Waals surface area contributed by atoms with Crippen LogP contribution < -0.4 is 9.80 Å². The number of quaternary nitrogens is 2. The second-order valence-corrected chi connectivity index (χ2v) is 7.76. The standard InChI is InChI=1S/C18H33N3O/c1-16(18(22)21-12-6-3-7-13-21)19-14-8-17(9-15-19)20-10-4-2-5-11-20/h16-17H,2-15H2,1H3/p+2/t16-/m1/s1. The third-order valence-electron chi connectivity index (χ3n) is 6.35. The molecule has 0 spiro atoms. The average Bonchev–Trinajstić information content (AvgIpc) is 2.62. The summed E-state index contributed by atoms with van der Waals surface area (Å²) in [5.74, 6) is 0.415. The van der Waals surface area contributed by atoms with Crippen molar-refractivity contribution in [3.05, 3.63) is 0 Å². The van der Waals surface area contributed by atoms with Gasteiger partial charge in [0, 0.05) is 25.9 Å². The van der Waals surface area contributed by atoms with Gasteiger partial charge in [0.15, 0.2) is 6.04 Å². The summed E-state index contributed by atoms with van der Waals surface area (Å²) < 4.78 is 0. The summed E-state index contributed by atoms with van der Waals surface area (Å²) in [7, 11) is 0. The van der Waals surface area contributed by atoms with Crippen molar-refractivity contribution in [3.8, 4) is 0 Å². The van der Waals surface area contributed by atoms with Crippen molar-refractivity contribution in [2.24, 2.45) is 0 Å². The molecule has 3 aliphatic heterocycles.